The fraction of sp³-hybridized carbons (Fsp3) is 0.389. The van der Waals surface area contributed by atoms with Crippen LogP contribution in [0.5, 0.6) is 0 Å². The van der Waals surface area contributed by atoms with Crippen molar-refractivity contribution in [3.05, 3.63) is 54.1 Å². The van der Waals surface area contributed by atoms with Gasteiger partial charge in [0.15, 0.2) is 0 Å². The van der Waals surface area contributed by atoms with Crippen LogP contribution in [-0.2, 0) is 4.79 Å². The van der Waals surface area contributed by atoms with Crippen molar-refractivity contribution in [2.24, 2.45) is 11.8 Å². The molecule has 0 saturated carbocycles. The lowest BCUT2D eigenvalue weighted by molar-refractivity contribution is -0.119. The van der Waals surface area contributed by atoms with E-state index in [4.69, 9.17) is 0 Å². The maximum atomic E-state index is 12.6. The second kappa shape index (κ2) is 6.08. The molecule has 1 aliphatic rings. The Morgan fingerprint density at radius 1 is 1.35 bits per heavy atom. The van der Waals surface area contributed by atoms with Crippen LogP contribution in [0.1, 0.15) is 38.7 Å². The van der Waals surface area contributed by atoms with E-state index in [1.54, 1.807) is 0 Å². The number of rotatable bonds is 3. The summed E-state index contributed by atoms with van der Waals surface area (Å²) < 4.78 is 0. The minimum Gasteiger partial charge on any atom is -0.325 e. The lowest BCUT2D eigenvalue weighted by Crippen LogP contribution is -2.28. The molecule has 2 heteroatoms. The van der Waals surface area contributed by atoms with Gasteiger partial charge in [0.25, 0.3) is 0 Å². The molecule has 0 spiro atoms. The predicted octanol–water partition coefficient (Wildman–Crippen LogP) is 4.52. The molecule has 0 radical (unpaired) electrons. The first-order valence-electron chi connectivity index (χ1n) is 7.26. The molecule has 20 heavy (non-hydrogen) atoms. The molecule has 106 valence electrons. The summed E-state index contributed by atoms with van der Waals surface area (Å²) in [5.41, 5.74) is 3.34. The molecule has 1 N–H and O–H groups in total. The average Bonchev–Trinajstić information content (AvgIpc) is 2.53. The van der Waals surface area contributed by atoms with Gasteiger partial charge in [0.1, 0.15) is 0 Å². The van der Waals surface area contributed by atoms with Crippen LogP contribution in [0.2, 0.25) is 0 Å². The van der Waals surface area contributed by atoms with Crippen LogP contribution in [0.25, 0.3) is 0 Å². The standard InChI is InChI=1S/C18H23NO/c1-5-9-14-13(6-2)17(12(3)4)18(20)19-16-11-8-7-10-15(14)16/h5-8,10-12,14,17H,1,9H2,2-4H3,(H,19,20)/b13-6+. The summed E-state index contributed by atoms with van der Waals surface area (Å²) in [5, 5.41) is 3.09. The molecule has 2 unspecified atom stereocenters. The number of nitrogens with one attached hydrogen (secondary N) is 1. The second-order valence-corrected chi connectivity index (χ2v) is 5.66. The number of anilines is 1. The summed E-state index contributed by atoms with van der Waals surface area (Å²) in [6.45, 7) is 10.1. The molecule has 2 rings (SSSR count). The quantitative estimate of drug-likeness (QED) is 0.803. The van der Waals surface area contributed by atoms with E-state index >= 15 is 0 Å². The van der Waals surface area contributed by atoms with E-state index < -0.39 is 0 Å². The third-order valence-corrected chi connectivity index (χ3v) is 4.04. The van der Waals surface area contributed by atoms with Crippen LogP contribution in [0, 0.1) is 11.8 Å². The topological polar surface area (TPSA) is 29.1 Å². The van der Waals surface area contributed by atoms with Crippen molar-refractivity contribution < 1.29 is 4.79 Å². The molecular weight excluding hydrogens is 246 g/mol. The highest BCUT2D eigenvalue weighted by Gasteiger charge is 2.34. The third-order valence-electron chi connectivity index (χ3n) is 4.04. The molecule has 2 nitrogen and oxygen atoms in total. The summed E-state index contributed by atoms with van der Waals surface area (Å²) in [4.78, 5) is 12.6. The maximum Gasteiger partial charge on any atom is 0.231 e. The fourth-order valence-electron chi connectivity index (χ4n) is 3.17. The molecule has 1 amide bonds. The Hall–Kier alpha value is -1.83. The number of fused-ring (bicyclic) bond motifs is 1. The van der Waals surface area contributed by atoms with Crippen molar-refractivity contribution >= 4 is 11.6 Å². The van der Waals surface area contributed by atoms with Crippen LogP contribution < -0.4 is 5.32 Å². The Balaban J connectivity index is 2.60. The van der Waals surface area contributed by atoms with Gasteiger partial charge < -0.3 is 5.32 Å². The van der Waals surface area contributed by atoms with Crippen LogP contribution in [-0.4, -0.2) is 5.91 Å². The highest BCUT2D eigenvalue weighted by atomic mass is 16.1. The minimum atomic E-state index is -0.0719. The van der Waals surface area contributed by atoms with Gasteiger partial charge in [-0.15, -0.1) is 6.58 Å². The van der Waals surface area contributed by atoms with E-state index in [1.165, 1.54) is 11.1 Å². The van der Waals surface area contributed by atoms with E-state index in [-0.39, 0.29) is 23.7 Å². The monoisotopic (exact) mass is 269 g/mol. The van der Waals surface area contributed by atoms with Gasteiger partial charge in [-0.1, -0.05) is 49.8 Å². The summed E-state index contributed by atoms with van der Waals surface area (Å²) in [7, 11) is 0. The molecule has 0 aromatic heterocycles. The number of benzene rings is 1. The first-order chi connectivity index (χ1) is 9.60. The van der Waals surface area contributed by atoms with Gasteiger partial charge in [-0.25, -0.2) is 0 Å². The Morgan fingerprint density at radius 3 is 2.65 bits per heavy atom. The van der Waals surface area contributed by atoms with Crippen LogP contribution in [0.3, 0.4) is 0 Å². The van der Waals surface area contributed by atoms with Gasteiger partial charge >= 0.3 is 0 Å². The van der Waals surface area contributed by atoms with E-state index in [1.807, 2.05) is 31.2 Å². The van der Waals surface area contributed by atoms with Gasteiger partial charge in [-0.2, -0.15) is 0 Å². The number of amides is 1. The molecule has 0 fully saturated rings. The summed E-state index contributed by atoms with van der Waals surface area (Å²) in [5.74, 6) is 0.548. The van der Waals surface area contributed by atoms with Gasteiger partial charge in [-0.3, -0.25) is 4.79 Å². The SMILES string of the molecule is C=CCC1/C(=C\C)C(C(C)C)C(=O)Nc2ccccc21. The molecule has 0 bridgehead atoms. The van der Waals surface area contributed by atoms with Crippen LogP contribution in [0.4, 0.5) is 5.69 Å². The summed E-state index contributed by atoms with van der Waals surface area (Å²) in [6.07, 6.45) is 4.91. The molecule has 2 atom stereocenters. The van der Waals surface area contributed by atoms with E-state index in [0.717, 1.165) is 12.1 Å². The van der Waals surface area contributed by atoms with Crippen molar-refractivity contribution in [3.8, 4) is 0 Å². The highest BCUT2D eigenvalue weighted by molar-refractivity contribution is 5.97. The zero-order chi connectivity index (χ0) is 14.7. The number of carbonyl (C=O) groups excluding carboxylic acids is 1. The minimum absolute atomic E-state index is 0.0719. The summed E-state index contributed by atoms with van der Waals surface area (Å²) >= 11 is 0. The first kappa shape index (κ1) is 14.6. The van der Waals surface area contributed by atoms with Crippen molar-refractivity contribution in [3.63, 3.8) is 0 Å². The Labute approximate surface area is 121 Å². The van der Waals surface area contributed by atoms with Crippen molar-refractivity contribution in [2.75, 3.05) is 5.32 Å². The molecule has 1 aliphatic heterocycles. The number of hydrogen-bond acceptors (Lipinski definition) is 1. The van der Waals surface area contributed by atoms with Gasteiger partial charge in [0.2, 0.25) is 5.91 Å². The zero-order valence-corrected chi connectivity index (χ0v) is 12.5. The smallest absolute Gasteiger partial charge is 0.231 e. The Kier molecular flexibility index (Phi) is 4.43. The Bertz CT molecular complexity index is 542. The normalized spacial score (nSPS) is 24.2. The average molecular weight is 269 g/mol. The van der Waals surface area contributed by atoms with Crippen molar-refractivity contribution in [1.82, 2.24) is 0 Å². The van der Waals surface area contributed by atoms with Gasteiger partial charge in [0.05, 0.1) is 5.92 Å². The van der Waals surface area contributed by atoms with E-state index in [2.05, 4.69) is 37.9 Å². The molecule has 1 aromatic rings. The van der Waals surface area contributed by atoms with Crippen molar-refractivity contribution in [1.29, 1.82) is 0 Å². The third kappa shape index (κ3) is 2.55. The maximum absolute atomic E-state index is 12.6. The van der Waals surface area contributed by atoms with E-state index in [9.17, 15) is 4.79 Å². The van der Waals surface area contributed by atoms with Crippen LogP contribution in [0.15, 0.2) is 48.6 Å². The second-order valence-electron chi connectivity index (χ2n) is 5.66. The Morgan fingerprint density at radius 2 is 2.05 bits per heavy atom. The van der Waals surface area contributed by atoms with Crippen molar-refractivity contribution in [2.45, 2.75) is 33.1 Å². The highest BCUT2D eigenvalue weighted by Crippen LogP contribution is 2.42. The molecular formula is C18H23NO. The molecule has 0 aliphatic carbocycles. The number of carbonyl (C=O) groups is 1. The summed E-state index contributed by atoms with van der Waals surface area (Å²) in [6, 6.07) is 8.09. The molecule has 0 saturated heterocycles. The lowest BCUT2D eigenvalue weighted by Gasteiger charge is -2.25. The first-order valence-corrected chi connectivity index (χ1v) is 7.26. The molecule has 1 aromatic carbocycles. The van der Waals surface area contributed by atoms with Gasteiger partial charge in [-0.05, 0) is 30.9 Å². The lowest BCUT2D eigenvalue weighted by atomic mass is 9.77. The van der Waals surface area contributed by atoms with Crippen LogP contribution >= 0.6 is 0 Å². The predicted molar refractivity (Wildman–Crippen MR) is 84.7 cm³/mol. The number of hydrogen-bond donors (Lipinski definition) is 1. The zero-order valence-electron chi connectivity index (χ0n) is 12.5. The number of allylic oxidation sites excluding steroid dienone is 2. The largest absolute Gasteiger partial charge is 0.325 e. The fourth-order valence-corrected chi connectivity index (χ4v) is 3.17. The van der Waals surface area contributed by atoms with Gasteiger partial charge in [0, 0.05) is 11.6 Å². The number of para-hydroxylation sites is 1. The van der Waals surface area contributed by atoms with E-state index in [0.29, 0.717) is 0 Å². The molecule has 1 heterocycles.